The van der Waals surface area contributed by atoms with E-state index in [1.165, 1.54) is 0 Å². The number of epoxide rings is 1. The Hall–Kier alpha value is -0.0800. The van der Waals surface area contributed by atoms with E-state index < -0.39 is 0 Å². The molecule has 1 aliphatic rings. The Kier molecular flexibility index (Phi) is 2.49. The maximum Gasteiger partial charge on any atom is 0.104 e. The number of hydrogen-bond acceptors (Lipinski definition) is 2. The third kappa shape index (κ3) is 3.49. The molecule has 1 atom stereocenters. The molecule has 0 aromatic carbocycles. The van der Waals surface area contributed by atoms with E-state index in [-0.39, 0.29) is 0 Å². The Labute approximate surface area is 56.2 Å². The van der Waals surface area contributed by atoms with Crippen LogP contribution in [-0.4, -0.2) is 25.9 Å². The van der Waals surface area contributed by atoms with Gasteiger partial charge in [-0.15, -0.1) is 0 Å². The molecule has 1 saturated heterocycles. The molecule has 0 saturated carbocycles. The molecule has 1 aliphatic heterocycles. The van der Waals surface area contributed by atoms with E-state index in [2.05, 4.69) is 13.8 Å². The summed E-state index contributed by atoms with van der Waals surface area (Å²) in [4.78, 5) is 0. The van der Waals surface area contributed by atoms with Crippen LogP contribution in [0.1, 0.15) is 13.8 Å². The molecule has 0 bridgehead atoms. The number of hydrogen-bond donors (Lipinski definition) is 0. The van der Waals surface area contributed by atoms with Gasteiger partial charge in [-0.05, 0) is 5.92 Å². The standard InChI is InChI=1S/C7H14O2/c1-6(2)3-8-4-7-5-9-7/h6-7H,3-5H2,1-2H3. The summed E-state index contributed by atoms with van der Waals surface area (Å²) in [5.41, 5.74) is 0. The summed E-state index contributed by atoms with van der Waals surface area (Å²) >= 11 is 0. The highest BCUT2D eigenvalue weighted by molar-refractivity contribution is 4.67. The molecule has 0 amide bonds. The summed E-state index contributed by atoms with van der Waals surface area (Å²) in [5, 5.41) is 0. The highest BCUT2D eigenvalue weighted by atomic mass is 16.6. The first-order valence-electron chi connectivity index (χ1n) is 3.48. The molecule has 0 N–H and O–H groups in total. The van der Waals surface area contributed by atoms with Gasteiger partial charge in [0.05, 0.1) is 13.2 Å². The molecule has 1 unspecified atom stereocenters. The lowest BCUT2D eigenvalue weighted by Crippen LogP contribution is -2.06. The van der Waals surface area contributed by atoms with Gasteiger partial charge in [0.25, 0.3) is 0 Å². The van der Waals surface area contributed by atoms with Crippen LogP contribution in [0.2, 0.25) is 0 Å². The monoisotopic (exact) mass is 130 g/mol. The zero-order chi connectivity index (χ0) is 6.69. The van der Waals surface area contributed by atoms with E-state index in [1.54, 1.807) is 0 Å². The van der Waals surface area contributed by atoms with Crippen LogP contribution < -0.4 is 0 Å². The average molecular weight is 130 g/mol. The molecule has 1 fully saturated rings. The normalized spacial score (nSPS) is 25.0. The van der Waals surface area contributed by atoms with Crippen molar-refractivity contribution in [3.63, 3.8) is 0 Å². The summed E-state index contributed by atoms with van der Waals surface area (Å²) in [6.07, 6.45) is 0.420. The lowest BCUT2D eigenvalue weighted by molar-refractivity contribution is 0.0952. The van der Waals surface area contributed by atoms with Gasteiger partial charge in [0.15, 0.2) is 0 Å². The van der Waals surface area contributed by atoms with Crippen LogP contribution in [-0.2, 0) is 9.47 Å². The van der Waals surface area contributed by atoms with Gasteiger partial charge in [0, 0.05) is 6.61 Å². The molecule has 0 aromatic rings. The van der Waals surface area contributed by atoms with Gasteiger partial charge in [0.1, 0.15) is 6.10 Å². The first kappa shape index (κ1) is 7.03. The quantitative estimate of drug-likeness (QED) is 0.531. The molecule has 0 aromatic heterocycles. The van der Waals surface area contributed by atoms with Gasteiger partial charge in [-0.1, -0.05) is 13.8 Å². The van der Waals surface area contributed by atoms with Crippen molar-refractivity contribution in [1.82, 2.24) is 0 Å². The predicted molar refractivity (Wildman–Crippen MR) is 35.4 cm³/mol. The summed E-state index contributed by atoms with van der Waals surface area (Å²) in [6, 6.07) is 0. The first-order valence-corrected chi connectivity index (χ1v) is 3.48. The number of ether oxygens (including phenoxy) is 2. The largest absolute Gasteiger partial charge is 0.378 e. The SMILES string of the molecule is CC(C)COCC1CO1. The maximum atomic E-state index is 5.29. The Bertz CT molecular complexity index is 75.0. The molecular formula is C7H14O2. The molecule has 54 valence electrons. The molecule has 0 radical (unpaired) electrons. The fraction of sp³-hybridized carbons (Fsp3) is 1.00. The topological polar surface area (TPSA) is 21.8 Å². The minimum Gasteiger partial charge on any atom is -0.378 e. The van der Waals surface area contributed by atoms with Crippen molar-refractivity contribution in [1.29, 1.82) is 0 Å². The minimum absolute atomic E-state index is 0.420. The number of rotatable bonds is 4. The predicted octanol–water partition coefficient (Wildman–Crippen LogP) is 1.06. The maximum absolute atomic E-state index is 5.29. The lowest BCUT2D eigenvalue weighted by Gasteiger charge is -2.03. The second-order valence-corrected chi connectivity index (χ2v) is 2.89. The first-order chi connectivity index (χ1) is 4.29. The fourth-order valence-corrected chi connectivity index (χ4v) is 0.599. The van der Waals surface area contributed by atoms with Crippen LogP contribution in [0.25, 0.3) is 0 Å². The van der Waals surface area contributed by atoms with E-state index >= 15 is 0 Å². The van der Waals surface area contributed by atoms with Crippen molar-refractivity contribution in [2.24, 2.45) is 5.92 Å². The smallest absolute Gasteiger partial charge is 0.104 e. The van der Waals surface area contributed by atoms with E-state index in [0.29, 0.717) is 12.0 Å². The van der Waals surface area contributed by atoms with E-state index in [4.69, 9.17) is 9.47 Å². The van der Waals surface area contributed by atoms with Crippen LogP contribution in [0, 0.1) is 5.92 Å². The van der Waals surface area contributed by atoms with Crippen molar-refractivity contribution in [2.45, 2.75) is 20.0 Å². The molecule has 0 aliphatic carbocycles. The van der Waals surface area contributed by atoms with Crippen molar-refractivity contribution in [2.75, 3.05) is 19.8 Å². The second-order valence-electron chi connectivity index (χ2n) is 2.89. The third-order valence-electron chi connectivity index (χ3n) is 1.16. The molecule has 9 heavy (non-hydrogen) atoms. The van der Waals surface area contributed by atoms with E-state index in [9.17, 15) is 0 Å². The summed E-state index contributed by atoms with van der Waals surface area (Å²) in [7, 11) is 0. The van der Waals surface area contributed by atoms with Gasteiger partial charge < -0.3 is 9.47 Å². The van der Waals surface area contributed by atoms with E-state index in [0.717, 1.165) is 19.8 Å². The van der Waals surface area contributed by atoms with Crippen molar-refractivity contribution in [3.05, 3.63) is 0 Å². The van der Waals surface area contributed by atoms with Crippen LogP contribution >= 0.6 is 0 Å². The van der Waals surface area contributed by atoms with Gasteiger partial charge in [-0.2, -0.15) is 0 Å². The van der Waals surface area contributed by atoms with Crippen molar-refractivity contribution >= 4 is 0 Å². The Morgan fingerprint density at radius 2 is 2.33 bits per heavy atom. The van der Waals surface area contributed by atoms with Gasteiger partial charge >= 0.3 is 0 Å². The van der Waals surface area contributed by atoms with Crippen LogP contribution in [0.3, 0.4) is 0 Å². The second kappa shape index (κ2) is 3.18. The minimum atomic E-state index is 0.420. The molecular weight excluding hydrogens is 116 g/mol. The molecule has 1 heterocycles. The highest BCUT2D eigenvalue weighted by Crippen LogP contribution is 2.08. The van der Waals surface area contributed by atoms with E-state index in [1.807, 2.05) is 0 Å². The molecule has 0 spiro atoms. The summed E-state index contributed by atoms with van der Waals surface area (Å²) in [6.45, 7) is 6.84. The Morgan fingerprint density at radius 3 is 2.78 bits per heavy atom. The third-order valence-corrected chi connectivity index (χ3v) is 1.16. The zero-order valence-corrected chi connectivity index (χ0v) is 6.09. The van der Waals surface area contributed by atoms with Gasteiger partial charge in [0.2, 0.25) is 0 Å². The summed E-state index contributed by atoms with van der Waals surface area (Å²) < 4.78 is 10.3. The Balaban J connectivity index is 1.81. The lowest BCUT2D eigenvalue weighted by atomic mass is 10.2. The van der Waals surface area contributed by atoms with Crippen LogP contribution in [0.15, 0.2) is 0 Å². The van der Waals surface area contributed by atoms with Crippen LogP contribution in [0.5, 0.6) is 0 Å². The zero-order valence-electron chi connectivity index (χ0n) is 6.09. The van der Waals surface area contributed by atoms with Crippen molar-refractivity contribution in [3.8, 4) is 0 Å². The Morgan fingerprint density at radius 1 is 1.67 bits per heavy atom. The molecule has 1 rings (SSSR count). The van der Waals surface area contributed by atoms with Crippen molar-refractivity contribution < 1.29 is 9.47 Å². The van der Waals surface area contributed by atoms with Gasteiger partial charge in [-0.25, -0.2) is 0 Å². The average Bonchev–Trinajstić information content (AvgIpc) is 2.48. The fourth-order valence-electron chi connectivity index (χ4n) is 0.599. The summed E-state index contributed by atoms with van der Waals surface area (Å²) in [5.74, 6) is 0.642. The van der Waals surface area contributed by atoms with Crippen LogP contribution in [0.4, 0.5) is 0 Å². The molecule has 2 heteroatoms. The highest BCUT2D eigenvalue weighted by Gasteiger charge is 2.22. The van der Waals surface area contributed by atoms with Gasteiger partial charge in [-0.3, -0.25) is 0 Å². The molecule has 2 nitrogen and oxygen atoms in total.